The van der Waals surface area contributed by atoms with E-state index in [4.69, 9.17) is 4.74 Å². The summed E-state index contributed by atoms with van der Waals surface area (Å²) < 4.78 is 5.39. The minimum atomic E-state index is 0.110. The van der Waals surface area contributed by atoms with Crippen LogP contribution in [0.3, 0.4) is 0 Å². The van der Waals surface area contributed by atoms with E-state index in [9.17, 15) is 9.59 Å². The van der Waals surface area contributed by atoms with Crippen LogP contribution in [-0.4, -0.2) is 103 Å². The van der Waals surface area contributed by atoms with E-state index in [2.05, 4.69) is 25.0 Å². The SMILES string of the molecule is O=C(CCC[C@@H]1[C@H]2CCCN3CCC[C@@H](CN1C(=O)c1cccnc1)[C@@H]23)NCCN1CCOCC1. The van der Waals surface area contributed by atoms with Crippen LogP contribution in [0, 0.1) is 11.8 Å². The number of nitrogens with zero attached hydrogens (tertiary/aromatic N) is 4. The lowest BCUT2D eigenvalue weighted by molar-refractivity contribution is -0.121. The maximum atomic E-state index is 13.6. The molecule has 35 heavy (non-hydrogen) atoms. The number of pyridine rings is 1. The number of amides is 2. The second kappa shape index (κ2) is 11.8. The van der Waals surface area contributed by atoms with E-state index in [1.54, 1.807) is 12.4 Å². The van der Waals surface area contributed by atoms with E-state index >= 15 is 0 Å². The van der Waals surface area contributed by atoms with Gasteiger partial charge in [0.15, 0.2) is 0 Å². The molecule has 8 heteroatoms. The molecule has 4 fully saturated rings. The maximum Gasteiger partial charge on any atom is 0.255 e. The van der Waals surface area contributed by atoms with E-state index in [0.717, 1.165) is 52.2 Å². The van der Waals surface area contributed by atoms with Crippen LogP contribution >= 0.6 is 0 Å². The molecule has 0 bridgehead atoms. The first-order chi connectivity index (χ1) is 17.2. The average Bonchev–Trinajstić information content (AvgIpc) is 2.90. The molecule has 192 valence electrons. The van der Waals surface area contributed by atoms with Gasteiger partial charge in [0, 0.05) is 63.6 Å². The number of ether oxygens (including phenoxy) is 1. The third kappa shape index (κ3) is 5.87. The topological polar surface area (TPSA) is 78.0 Å². The Hall–Kier alpha value is -2.03. The van der Waals surface area contributed by atoms with E-state index in [1.165, 1.54) is 38.8 Å². The zero-order valence-corrected chi connectivity index (χ0v) is 20.9. The van der Waals surface area contributed by atoms with Crippen LogP contribution in [-0.2, 0) is 9.53 Å². The summed E-state index contributed by atoms with van der Waals surface area (Å²) in [6.07, 6.45) is 10.5. The highest BCUT2D eigenvalue weighted by Crippen LogP contribution is 2.43. The Labute approximate surface area is 209 Å². The van der Waals surface area contributed by atoms with Crippen molar-refractivity contribution in [2.75, 3.05) is 59.0 Å². The van der Waals surface area contributed by atoms with Gasteiger partial charge < -0.3 is 15.0 Å². The Kier molecular flexibility index (Phi) is 8.31. The highest BCUT2D eigenvalue weighted by molar-refractivity contribution is 5.94. The first-order valence-electron chi connectivity index (χ1n) is 13.7. The molecule has 8 nitrogen and oxygen atoms in total. The second-order valence-electron chi connectivity index (χ2n) is 10.7. The first-order valence-corrected chi connectivity index (χ1v) is 13.7. The number of carbonyl (C=O) groups excluding carboxylic acids is 2. The van der Waals surface area contributed by atoms with Crippen molar-refractivity contribution in [1.82, 2.24) is 25.0 Å². The van der Waals surface area contributed by atoms with Crippen molar-refractivity contribution in [3.8, 4) is 0 Å². The largest absolute Gasteiger partial charge is 0.379 e. The fourth-order valence-electron chi connectivity index (χ4n) is 6.99. The van der Waals surface area contributed by atoms with Gasteiger partial charge in [-0.25, -0.2) is 0 Å². The van der Waals surface area contributed by atoms with Gasteiger partial charge in [0.1, 0.15) is 0 Å². The molecule has 4 aliphatic heterocycles. The Morgan fingerprint density at radius 1 is 1.11 bits per heavy atom. The van der Waals surface area contributed by atoms with Crippen LogP contribution in [0.2, 0.25) is 0 Å². The lowest BCUT2D eigenvalue weighted by atomic mass is 9.69. The minimum Gasteiger partial charge on any atom is -0.379 e. The molecule has 0 unspecified atom stereocenters. The number of hydrogen-bond acceptors (Lipinski definition) is 6. The summed E-state index contributed by atoms with van der Waals surface area (Å²) in [4.78, 5) is 37.6. The summed E-state index contributed by atoms with van der Waals surface area (Å²) >= 11 is 0. The van der Waals surface area contributed by atoms with Crippen molar-refractivity contribution in [3.05, 3.63) is 30.1 Å². The number of rotatable bonds is 8. The van der Waals surface area contributed by atoms with Crippen molar-refractivity contribution < 1.29 is 14.3 Å². The van der Waals surface area contributed by atoms with Crippen LogP contribution in [0.4, 0.5) is 0 Å². The zero-order chi connectivity index (χ0) is 24.0. The number of likely N-dealkylation sites (tertiary alicyclic amines) is 1. The van der Waals surface area contributed by atoms with Gasteiger partial charge in [0.2, 0.25) is 5.91 Å². The Bertz CT molecular complexity index is 844. The van der Waals surface area contributed by atoms with E-state index in [-0.39, 0.29) is 17.9 Å². The molecule has 1 N–H and O–H groups in total. The van der Waals surface area contributed by atoms with Gasteiger partial charge in [0.25, 0.3) is 5.91 Å². The van der Waals surface area contributed by atoms with Gasteiger partial charge in [-0.1, -0.05) is 0 Å². The molecule has 4 atom stereocenters. The third-order valence-corrected chi connectivity index (χ3v) is 8.60. The number of aromatic nitrogens is 1. The molecule has 0 aliphatic carbocycles. The van der Waals surface area contributed by atoms with E-state index in [1.807, 2.05) is 12.1 Å². The smallest absolute Gasteiger partial charge is 0.255 e. The van der Waals surface area contributed by atoms with Gasteiger partial charge in [-0.3, -0.25) is 24.4 Å². The zero-order valence-electron chi connectivity index (χ0n) is 20.9. The van der Waals surface area contributed by atoms with Crippen LogP contribution < -0.4 is 5.32 Å². The summed E-state index contributed by atoms with van der Waals surface area (Å²) in [7, 11) is 0. The van der Waals surface area contributed by atoms with Crippen LogP contribution in [0.15, 0.2) is 24.5 Å². The normalized spacial score (nSPS) is 29.4. The first kappa shape index (κ1) is 24.7. The second-order valence-corrected chi connectivity index (χ2v) is 10.7. The predicted molar refractivity (Wildman–Crippen MR) is 134 cm³/mol. The van der Waals surface area contributed by atoms with Gasteiger partial charge in [-0.05, 0) is 75.6 Å². The molecule has 5 heterocycles. The minimum absolute atomic E-state index is 0.110. The Morgan fingerprint density at radius 3 is 2.74 bits per heavy atom. The predicted octanol–water partition coefficient (Wildman–Crippen LogP) is 2.02. The average molecular weight is 484 g/mol. The number of carbonyl (C=O) groups is 2. The van der Waals surface area contributed by atoms with Crippen molar-refractivity contribution in [3.63, 3.8) is 0 Å². The Balaban J connectivity index is 1.20. The highest BCUT2D eigenvalue weighted by Gasteiger charge is 2.49. The molecular weight excluding hydrogens is 442 g/mol. The molecular formula is C27H41N5O3. The standard InChI is InChI=1S/C27H41N5O3/c33-25(29-11-14-30-15-17-35-18-16-30)9-1-8-24-23-7-4-13-31-12-3-6-22(26(23)31)20-32(24)27(34)21-5-2-10-28-19-21/h2,5,10,19,22-24,26H,1,3-4,6-9,11-18,20H2,(H,29,33)/t22-,23+,24+,26-/m0/s1. The maximum absolute atomic E-state index is 13.6. The molecule has 0 radical (unpaired) electrons. The fourth-order valence-corrected chi connectivity index (χ4v) is 6.99. The highest BCUT2D eigenvalue weighted by atomic mass is 16.5. The van der Waals surface area contributed by atoms with Crippen molar-refractivity contribution in [1.29, 1.82) is 0 Å². The Morgan fingerprint density at radius 2 is 1.94 bits per heavy atom. The summed E-state index contributed by atoms with van der Waals surface area (Å²) in [6.45, 7) is 8.26. The fraction of sp³-hybridized carbons (Fsp3) is 0.741. The molecule has 2 amide bonds. The molecule has 1 aromatic heterocycles. The van der Waals surface area contributed by atoms with Crippen molar-refractivity contribution >= 4 is 11.8 Å². The van der Waals surface area contributed by atoms with Crippen LogP contribution in [0.5, 0.6) is 0 Å². The molecule has 0 spiro atoms. The third-order valence-electron chi connectivity index (χ3n) is 8.60. The van der Waals surface area contributed by atoms with Gasteiger partial charge in [-0.15, -0.1) is 0 Å². The summed E-state index contributed by atoms with van der Waals surface area (Å²) in [5, 5.41) is 3.10. The number of nitrogens with one attached hydrogen (secondary N) is 1. The molecule has 0 aromatic carbocycles. The number of morpholine rings is 1. The number of hydrogen-bond donors (Lipinski definition) is 1. The monoisotopic (exact) mass is 483 g/mol. The quantitative estimate of drug-likeness (QED) is 0.610. The van der Waals surface area contributed by atoms with E-state index < -0.39 is 0 Å². The van der Waals surface area contributed by atoms with E-state index in [0.29, 0.717) is 36.4 Å². The van der Waals surface area contributed by atoms with Crippen molar-refractivity contribution in [2.24, 2.45) is 11.8 Å². The van der Waals surface area contributed by atoms with Gasteiger partial charge >= 0.3 is 0 Å². The molecule has 1 aromatic rings. The van der Waals surface area contributed by atoms with Crippen LogP contribution in [0.25, 0.3) is 0 Å². The molecule has 4 aliphatic rings. The summed E-state index contributed by atoms with van der Waals surface area (Å²) in [6, 6.07) is 4.53. The summed E-state index contributed by atoms with van der Waals surface area (Å²) in [5.74, 6) is 1.31. The van der Waals surface area contributed by atoms with Crippen LogP contribution in [0.1, 0.15) is 55.3 Å². The lowest BCUT2D eigenvalue weighted by Gasteiger charge is -2.57. The molecule has 4 saturated heterocycles. The van der Waals surface area contributed by atoms with Crippen molar-refractivity contribution in [2.45, 2.75) is 57.0 Å². The molecule has 0 saturated carbocycles. The summed E-state index contributed by atoms with van der Waals surface area (Å²) in [5.41, 5.74) is 0.681. The van der Waals surface area contributed by atoms with Gasteiger partial charge in [-0.2, -0.15) is 0 Å². The lowest BCUT2D eigenvalue weighted by Crippen LogP contribution is -2.65. The molecule has 5 rings (SSSR count). The number of piperidine rings is 3. The van der Waals surface area contributed by atoms with Gasteiger partial charge in [0.05, 0.1) is 18.8 Å².